The maximum atomic E-state index is 13.0. The van der Waals surface area contributed by atoms with Crippen molar-refractivity contribution in [1.82, 2.24) is 0 Å². The van der Waals surface area contributed by atoms with E-state index in [0.717, 1.165) is 11.3 Å². The van der Waals surface area contributed by atoms with Crippen LogP contribution in [0.25, 0.3) is 6.08 Å². The zero-order valence-electron chi connectivity index (χ0n) is 18.8. The van der Waals surface area contributed by atoms with Crippen molar-refractivity contribution in [3.05, 3.63) is 52.9 Å². The number of anilines is 1. The molecule has 0 unspecified atom stereocenters. The average Bonchev–Trinajstić information content (AvgIpc) is 3.05. The van der Waals surface area contributed by atoms with Crippen molar-refractivity contribution in [3.63, 3.8) is 0 Å². The molecule has 2 aromatic carbocycles. The Bertz CT molecular complexity index is 1070. The highest BCUT2D eigenvalue weighted by Gasteiger charge is 2.33. The van der Waals surface area contributed by atoms with Gasteiger partial charge >= 0.3 is 5.97 Å². The number of esters is 1. The molecule has 0 spiro atoms. The number of carbonyl (C=O) groups excluding carboxylic acids is 2. The fourth-order valence-electron chi connectivity index (χ4n) is 3.03. The van der Waals surface area contributed by atoms with Crippen LogP contribution in [0.4, 0.5) is 5.69 Å². The van der Waals surface area contributed by atoms with Gasteiger partial charge in [0.25, 0.3) is 5.91 Å². The van der Waals surface area contributed by atoms with E-state index in [-0.39, 0.29) is 18.6 Å². The van der Waals surface area contributed by atoms with Crippen molar-refractivity contribution >= 4 is 51.9 Å². The summed E-state index contributed by atoms with van der Waals surface area (Å²) in [6.07, 6.45) is 1.53. The fraction of sp³-hybridized carbons (Fsp3) is 0.292. The van der Waals surface area contributed by atoms with E-state index < -0.39 is 5.97 Å². The standard InChI is InChI=1S/C24H25NO6S2/c1-5-29-18-9-7-17(8-10-18)25-23(27)21(33-24(25)32)13-16-6-11-19(20(12-16)28-4)30-14-22(26)31-15(2)3/h6-13,15H,5,14H2,1-4H3/b21-13-. The number of thiocarbonyl (C=S) groups is 1. The van der Waals surface area contributed by atoms with Gasteiger partial charge in [-0.2, -0.15) is 0 Å². The molecule has 1 aliphatic rings. The number of hydrogen-bond acceptors (Lipinski definition) is 8. The highest BCUT2D eigenvalue weighted by atomic mass is 32.2. The number of carbonyl (C=O) groups is 2. The first-order valence-electron chi connectivity index (χ1n) is 10.3. The summed E-state index contributed by atoms with van der Waals surface area (Å²) < 4.78 is 21.9. The third-order valence-corrected chi connectivity index (χ3v) is 5.70. The summed E-state index contributed by atoms with van der Waals surface area (Å²) in [6, 6.07) is 12.4. The minimum Gasteiger partial charge on any atom is -0.494 e. The molecule has 0 atom stereocenters. The minimum absolute atomic E-state index is 0.204. The summed E-state index contributed by atoms with van der Waals surface area (Å²) in [7, 11) is 1.50. The molecule has 2 aromatic rings. The van der Waals surface area contributed by atoms with Crippen LogP contribution < -0.4 is 19.1 Å². The second-order valence-corrected chi connectivity index (χ2v) is 8.86. The maximum absolute atomic E-state index is 13.0. The van der Waals surface area contributed by atoms with Gasteiger partial charge < -0.3 is 18.9 Å². The predicted molar refractivity (Wildman–Crippen MR) is 133 cm³/mol. The molecule has 0 radical (unpaired) electrons. The Morgan fingerprint density at radius 1 is 1.12 bits per heavy atom. The first-order chi connectivity index (χ1) is 15.8. The van der Waals surface area contributed by atoms with E-state index in [1.807, 2.05) is 19.1 Å². The summed E-state index contributed by atoms with van der Waals surface area (Å²) in [5.41, 5.74) is 1.41. The molecule has 1 fully saturated rings. The van der Waals surface area contributed by atoms with Gasteiger partial charge in [-0.25, -0.2) is 4.79 Å². The van der Waals surface area contributed by atoms with Crippen molar-refractivity contribution in [2.24, 2.45) is 0 Å². The summed E-state index contributed by atoms with van der Waals surface area (Å²) in [5, 5.41) is 0. The van der Waals surface area contributed by atoms with Crippen LogP contribution in [-0.4, -0.2) is 42.6 Å². The van der Waals surface area contributed by atoms with E-state index in [9.17, 15) is 9.59 Å². The highest BCUT2D eigenvalue weighted by molar-refractivity contribution is 8.27. The van der Waals surface area contributed by atoms with Gasteiger partial charge in [0.1, 0.15) is 5.75 Å². The SMILES string of the molecule is CCOc1ccc(N2C(=O)/C(=C/c3ccc(OCC(=O)OC(C)C)c(OC)c3)SC2=S)cc1. The van der Waals surface area contributed by atoms with Gasteiger partial charge in [0, 0.05) is 0 Å². The lowest BCUT2D eigenvalue weighted by atomic mass is 10.2. The molecule has 0 N–H and O–H groups in total. The topological polar surface area (TPSA) is 74.3 Å². The summed E-state index contributed by atoms with van der Waals surface area (Å²) in [4.78, 5) is 26.7. The lowest BCUT2D eigenvalue weighted by Crippen LogP contribution is -2.27. The van der Waals surface area contributed by atoms with Crippen LogP contribution in [-0.2, 0) is 14.3 Å². The van der Waals surface area contributed by atoms with Gasteiger partial charge in [-0.15, -0.1) is 0 Å². The number of ether oxygens (including phenoxy) is 4. The molecule has 33 heavy (non-hydrogen) atoms. The van der Waals surface area contributed by atoms with E-state index in [1.54, 1.807) is 50.3 Å². The van der Waals surface area contributed by atoms with Gasteiger partial charge in [-0.1, -0.05) is 30.0 Å². The number of thioether (sulfide) groups is 1. The molecule has 9 heteroatoms. The molecule has 1 aliphatic heterocycles. The van der Waals surface area contributed by atoms with Gasteiger partial charge in [0.2, 0.25) is 0 Å². The lowest BCUT2D eigenvalue weighted by molar-refractivity contribution is -0.149. The molecular formula is C24H25NO6S2. The first-order valence-corrected chi connectivity index (χ1v) is 11.6. The van der Waals surface area contributed by atoms with Crippen molar-refractivity contribution in [2.45, 2.75) is 26.9 Å². The highest BCUT2D eigenvalue weighted by Crippen LogP contribution is 2.37. The summed E-state index contributed by atoms with van der Waals surface area (Å²) >= 11 is 6.67. The Morgan fingerprint density at radius 2 is 1.85 bits per heavy atom. The second-order valence-electron chi connectivity index (χ2n) is 7.18. The number of rotatable bonds is 9. The summed E-state index contributed by atoms with van der Waals surface area (Å²) in [5.74, 6) is 0.897. The van der Waals surface area contributed by atoms with Crippen LogP contribution in [0.3, 0.4) is 0 Å². The Kier molecular flexibility index (Phi) is 8.35. The van der Waals surface area contributed by atoms with Crippen molar-refractivity contribution < 1.29 is 28.5 Å². The van der Waals surface area contributed by atoms with E-state index in [0.29, 0.717) is 33.0 Å². The lowest BCUT2D eigenvalue weighted by Gasteiger charge is -2.15. The van der Waals surface area contributed by atoms with Crippen molar-refractivity contribution in [2.75, 3.05) is 25.2 Å². The smallest absolute Gasteiger partial charge is 0.344 e. The molecule has 1 heterocycles. The molecular weight excluding hydrogens is 462 g/mol. The first kappa shape index (κ1) is 24.6. The molecule has 0 aromatic heterocycles. The Morgan fingerprint density at radius 3 is 2.48 bits per heavy atom. The number of benzene rings is 2. The van der Waals surface area contributed by atoms with Gasteiger partial charge in [-0.05, 0) is 68.8 Å². The molecule has 0 aliphatic carbocycles. The van der Waals surface area contributed by atoms with Crippen LogP contribution in [0.1, 0.15) is 26.3 Å². The van der Waals surface area contributed by atoms with E-state index in [1.165, 1.54) is 23.8 Å². The molecule has 7 nitrogen and oxygen atoms in total. The maximum Gasteiger partial charge on any atom is 0.344 e. The Labute approximate surface area is 202 Å². The summed E-state index contributed by atoms with van der Waals surface area (Å²) in [6.45, 7) is 5.79. The Hall–Kier alpha value is -3.04. The zero-order chi connectivity index (χ0) is 24.0. The number of amides is 1. The molecule has 1 saturated heterocycles. The molecule has 0 bridgehead atoms. The molecule has 0 saturated carbocycles. The second kappa shape index (κ2) is 11.2. The number of nitrogens with zero attached hydrogens (tertiary/aromatic N) is 1. The normalized spacial score (nSPS) is 14.7. The van der Waals surface area contributed by atoms with Gasteiger partial charge in [0.15, 0.2) is 22.4 Å². The van der Waals surface area contributed by atoms with Crippen LogP contribution in [0, 0.1) is 0 Å². The fourth-order valence-corrected chi connectivity index (χ4v) is 4.33. The van der Waals surface area contributed by atoms with Gasteiger partial charge in [0.05, 0.1) is 30.4 Å². The van der Waals surface area contributed by atoms with E-state index in [2.05, 4.69) is 0 Å². The average molecular weight is 488 g/mol. The largest absolute Gasteiger partial charge is 0.494 e. The van der Waals surface area contributed by atoms with Crippen molar-refractivity contribution in [1.29, 1.82) is 0 Å². The predicted octanol–water partition coefficient (Wildman–Crippen LogP) is 4.83. The van der Waals surface area contributed by atoms with Crippen LogP contribution in [0.2, 0.25) is 0 Å². The monoisotopic (exact) mass is 487 g/mol. The Balaban J connectivity index is 1.75. The number of methoxy groups -OCH3 is 1. The third-order valence-electron chi connectivity index (χ3n) is 4.40. The quantitative estimate of drug-likeness (QED) is 0.283. The van der Waals surface area contributed by atoms with Crippen LogP contribution in [0.5, 0.6) is 17.2 Å². The molecule has 174 valence electrons. The molecule has 1 amide bonds. The van der Waals surface area contributed by atoms with Crippen molar-refractivity contribution in [3.8, 4) is 17.2 Å². The van der Waals surface area contributed by atoms with E-state index in [4.69, 9.17) is 31.2 Å². The van der Waals surface area contributed by atoms with Crippen LogP contribution in [0.15, 0.2) is 47.4 Å². The van der Waals surface area contributed by atoms with E-state index >= 15 is 0 Å². The zero-order valence-corrected chi connectivity index (χ0v) is 20.5. The van der Waals surface area contributed by atoms with Crippen LogP contribution >= 0.6 is 24.0 Å². The third kappa shape index (κ3) is 6.27. The molecule has 3 rings (SSSR count). The van der Waals surface area contributed by atoms with Gasteiger partial charge in [-0.3, -0.25) is 9.69 Å². The number of hydrogen-bond donors (Lipinski definition) is 0. The minimum atomic E-state index is -0.464.